The first kappa shape index (κ1) is 10.5. The van der Waals surface area contributed by atoms with Crippen molar-refractivity contribution in [1.82, 2.24) is 10.4 Å². The lowest BCUT2D eigenvalue weighted by Crippen LogP contribution is -2.32. The second-order valence-electron chi connectivity index (χ2n) is 3.16. The Hall–Kier alpha value is -1.62. The first-order valence-corrected chi connectivity index (χ1v) is 4.37. The van der Waals surface area contributed by atoms with E-state index in [0.29, 0.717) is 5.84 Å². The zero-order valence-corrected chi connectivity index (χ0v) is 8.24. The predicted molar refractivity (Wildman–Crippen MR) is 56.1 cm³/mol. The summed E-state index contributed by atoms with van der Waals surface area (Å²) >= 11 is 0. The number of rotatable bonds is 2. The van der Waals surface area contributed by atoms with Gasteiger partial charge in [0.05, 0.1) is 0 Å². The van der Waals surface area contributed by atoms with E-state index < -0.39 is 0 Å². The number of pyridine rings is 1. The summed E-state index contributed by atoms with van der Waals surface area (Å²) in [4.78, 5) is 17.6. The van der Waals surface area contributed by atoms with Gasteiger partial charge in [-0.2, -0.15) is 0 Å². The Morgan fingerprint density at radius 1 is 1.57 bits per heavy atom. The van der Waals surface area contributed by atoms with Crippen LogP contribution in [-0.4, -0.2) is 16.9 Å². The highest BCUT2D eigenvalue weighted by atomic mass is 16.1. The Kier molecular flexibility index (Phi) is 3.41. The second-order valence-corrected chi connectivity index (χ2v) is 3.16. The molecule has 1 aromatic rings. The summed E-state index contributed by atoms with van der Waals surface area (Å²) in [5.41, 5.74) is 3.12. The third-order valence-corrected chi connectivity index (χ3v) is 1.58. The summed E-state index contributed by atoms with van der Waals surface area (Å²) in [6.45, 7) is 3.89. The number of nitrogens with two attached hydrogens (primary N) is 1. The van der Waals surface area contributed by atoms with Gasteiger partial charge in [-0.3, -0.25) is 9.79 Å². The lowest BCUT2D eigenvalue weighted by molar-refractivity contribution is 0.820. The molecule has 0 atom stereocenters. The molecule has 0 aromatic carbocycles. The quantitative estimate of drug-likeness (QED) is 0.268. The van der Waals surface area contributed by atoms with Crippen LogP contribution in [0.2, 0.25) is 0 Å². The third kappa shape index (κ3) is 2.70. The minimum Gasteiger partial charge on any atom is -0.328 e. The molecule has 0 saturated carbocycles. The van der Waals surface area contributed by atoms with Gasteiger partial charge in [0, 0.05) is 23.9 Å². The molecular weight excluding hydrogens is 180 g/mol. The molecule has 0 amide bonds. The van der Waals surface area contributed by atoms with Crippen LogP contribution < -0.4 is 16.8 Å². The van der Waals surface area contributed by atoms with E-state index in [2.05, 4.69) is 15.4 Å². The van der Waals surface area contributed by atoms with E-state index in [0.717, 1.165) is 5.56 Å². The van der Waals surface area contributed by atoms with E-state index in [1.54, 1.807) is 12.3 Å². The lowest BCUT2D eigenvalue weighted by atomic mass is 10.2. The smallest absolute Gasteiger partial charge is 0.247 e. The van der Waals surface area contributed by atoms with Gasteiger partial charge in [-0.1, -0.05) is 0 Å². The van der Waals surface area contributed by atoms with Gasteiger partial charge in [0.1, 0.15) is 5.84 Å². The number of hydrazine groups is 1. The molecular formula is C9H14N4O. The SMILES string of the molecule is CC(C)N=C(NN)c1ccc(=O)[nH]c1. The second kappa shape index (κ2) is 4.57. The fourth-order valence-corrected chi connectivity index (χ4v) is 1.01. The molecule has 0 radical (unpaired) electrons. The summed E-state index contributed by atoms with van der Waals surface area (Å²) in [6.07, 6.45) is 1.57. The third-order valence-electron chi connectivity index (χ3n) is 1.58. The molecule has 1 aromatic heterocycles. The van der Waals surface area contributed by atoms with Crippen molar-refractivity contribution in [3.63, 3.8) is 0 Å². The molecule has 5 nitrogen and oxygen atoms in total. The molecule has 0 spiro atoms. The fraction of sp³-hybridized carbons (Fsp3) is 0.333. The summed E-state index contributed by atoms with van der Waals surface area (Å²) in [7, 11) is 0. The topological polar surface area (TPSA) is 83.3 Å². The first-order valence-electron chi connectivity index (χ1n) is 4.37. The van der Waals surface area contributed by atoms with Crippen LogP contribution in [0.1, 0.15) is 19.4 Å². The molecule has 0 aliphatic carbocycles. The van der Waals surface area contributed by atoms with Crippen LogP contribution in [0.15, 0.2) is 28.1 Å². The van der Waals surface area contributed by atoms with Gasteiger partial charge in [-0.05, 0) is 19.9 Å². The molecule has 1 rings (SSSR count). The number of amidine groups is 1. The van der Waals surface area contributed by atoms with Crippen LogP contribution in [0.3, 0.4) is 0 Å². The number of aliphatic imine (C=N–C) groups is 1. The van der Waals surface area contributed by atoms with E-state index in [-0.39, 0.29) is 11.6 Å². The number of nitrogens with zero attached hydrogens (tertiary/aromatic N) is 1. The van der Waals surface area contributed by atoms with Crippen molar-refractivity contribution >= 4 is 5.84 Å². The number of nitrogens with one attached hydrogen (secondary N) is 2. The average molecular weight is 194 g/mol. The van der Waals surface area contributed by atoms with Crippen LogP contribution in [0.25, 0.3) is 0 Å². The monoisotopic (exact) mass is 194 g/mol. The Bertz CT molecular complexity index is 360. The van der Waals surface area contributed by atoms with Crippen molar-refractivity contribution < 1.29 is 0 Å². The Morgan fingerprint density at radius 3 is 2.71 bits per heavy atom. The molecule has 0 saturated heterocycles. The predicted octanol–water partition coefficient (Wildman–Crippen LogP) is -0.00680. The number of aromatic amines is 1. The molecule has 0 bridgehead atoms. The molecule has 1 heterocycles. The van der Waals surface area contributed by atoms with Crippen molar-refractivity contribution in [1.29, 1.82) is 0 Å². The number of hydrogen-bond donors (Lipinski definition) is 3. The number of aromatic nitrogens is 1. The first-order chi connectivity index (χ1) is 6.63. The zero-order chi connectivity index (χ0) is 10.6. The summed E-state index contributed by atoms with van der Waals surface area (Å²) < 4.78 is 0. The maximum Gasteiger partial charge on any atom is 0.247 e. The van der Waals surface area contributed by atoms with Gasteiger partial charge in [0.15, 0.2) is 0 Å². The molecule has 76 valence electrons. The summed E-state index contributed by atoms with van der Waals surface area (Å²) in [5.74, 6) is 5.88. The highest BCUT2D eigenvalue weighted by molar-refractivity contribution is 5.98. The van der Waals surface area contributed by atoms with E-state index in [1.807, 2.05) is 13.8 Å². The van der Waals surface area contributed by atoms with E-state index >= 15 is 0 Å². The van der Waals surface area contributed by atoms with E-state index in [1.165, 1.54) is 6.07 Å². The number of hydrogen-bond acceptors (Lipinski definition) is 3. The maximum atomic E-state index is 10.8. The maximum absolute atomic E-state index is 10.8. The van der Waals surface area contributed by atoms with Gasteiger partial charge in [0.25, 0.3) is 0 Å². The highest BCUT2D eigenvalue weighted by Gasteiger charge is 2.01. The summed E-state index contributed by atoms with van der Waals surface area (Å²) in [5, 5.41) is 0. The van der Waals surface area contributed by atoms with E-state index in [4.69, 9.17) is 5.84 Å². The van der Waals surface area contributed by atoms with Gasteiger partial charge >= 0.3 is 0 Å². The van der Waals surface area contributed by atoms with Crippen molar-refractivity contribution in [3.05, 3.63) is 34.2 Å². The standard InChI is InChI=1S/C9H14N4O/c1-6(2)12-9(13-10)7-3-4-8(14)11-5-7/h3-6H,10H2,1-2H3,(H,11,14)(H,12,13). The fourth-order valence-electron chi connectivity index (χ4n) is 1.01. The Labute approximate surface area is 82.0 Å². The Balaban J connectivity index is 3.01. The molecule has 4 N–H and O–H groups in total. The molecule has 0 aliphatic heterocycles. The molecule has 5 heteroatoms. The van der Waals surface area contributed by atoms with Crippen LogP contribution >= 0.6 is 0 Å². The molecule has 0 unspecified atom stereocenters. The van der Waals surface area contributed by atoms with Crippen molar-refractivity contribution in [2.75, 3.05) is 0 Å². The van der Waals surface area contributed by atoms with Gasteiger partial charge in [-0.25, -0.2) is 5.84 Å². The largest absolute Gasteiger partial charge is 0.328 e. The van der Waals surface area contributed by atoms with Crippen LogP contribution in [0.5, 0.6) is 0 Å². The minimum absolute atomic E-state index is 0.144. The normalized spacial score (nSPS) is 11.9. The van der Waals surface area contributed by atoms with Crippen molar-refractivity contribution in [2.24, 2.45) is 10.8 Å². The number of H-pyrrole nitrogens is 1. The zero-order valence-electron chi connectivity index (χ0n) is 8.24. The molecule has 14 heavy (non-hydrogen) atoms. The molecule has 0 aliphatic rings. The van der Waals surface area contributed by atoms with Crippen LogP contribution in [0.4, 0.5) is 0 Å². The van der Waals surface area contributed by atoms with Gasteiger partial charge < -0.3 is 10.4 Å². The molecule has 0 fully saturated rings. The van der Waals surface area contributed by atoms with Gasteiger partial charge in [0.2, 0.25) is 5.56 Å². The average Bonchev–Trinajstić information content (AvgIpc) is 2.15. The van der Waals surface area contributed by atoms with E-state index in [9.17, 15) is 4.79 Å². The lowest BCUT2D eigenvalue weighted by Gasteiger charge is -2.06. The van der Waals surface area contributed by atoms with Crippen LogP contribution in [0, 0.1) is 0 Å². The highest BCUT2D eigenvalue weighted by Crippen LogP contribution is 1.96. The van der Waals surface area contributed by atoms with Crippen LogP contribution in [-0.2, 0) is 0 Å². The Morgan fingerprint density at radius 2 is 2.29 bits per heavy atom. The van der Waals surface area contributed by atoms with Crippen molar-refractivity contribution in [2.45, 2.75) is 19.9 Å². The minimum atomic E-state index is -0.144. The van der Waals surface area contributed by atoms with Gasteiger partial charge in [-0.15, -0.1) is 0 Å². The van der Waals surface area contributed by atoms with Crippen molar-refractivity contribution in [3.8, 4) is 0 Å². The summed E-state index contributed by atoms with van der Waals surface area (Å²) in [6, 6.07) is 3.25.